The van der Waals surface area contributed by atoms with Gasteiger partial charge >= 0.3 is 0 Å². The van der Waals surface area contributed by atoms with Crippen LogP contribution in [0, 0.1) is 0 Å². The Morgan fingerprint density at radius 2 is 1.00 bits per heavy atom. The van der Waals surface area contributed by atoms with E-state index in [9.17, 15) is 8.42 Å². The quantitative estimate of drug-likeness (QED) is 0.707. The van der Waals surface area contributed by atoms with E-state index in [1.807, 2.05) is 0 Å². The number of hydrogen-bond donors (Lipinski definition) is 0. The van der Waals surface area contributed by atoms with Crippen molar-refractivity contribution in [3.63, 3.8) is 0 Å². The van der Waals surface area contributed by atoms with E-state index in [2.05, 4.69) is 0 Å². The predicted molar refractivity (Wildman–Crippen MR) is 69.4 cm³/mol. The van der Waals surface area contributed by atoms with Gasteiger partial charge in [0, 0.05) is 6.26 Å². The zero-order valence-electron chi connectivity index (χ0n) is 10.6. The Labute approximate surface area is 101 Å². The molecule has 0 saturated heterocycles. The third kappa shape index (κ3) is 5.88. The molecule has 0 aromatic carbocycles. The van der Waals surface area contributed by atoms with E-state index in [4.69, 9.17) is 0 Å². The van der Waals surface area contributed by atoms with E-state index < -0.39 is 9.84 Å². The maximum absolute atomic E-state index is 11.6. The van der Waals surface area contributed by atoms with E-state index in [-0.39, 0.29) is 5.25 Å². The average Bonchev–Trinajstić information content (AvgIpc) is 2.16. The van der Waals surface area contributed by atoms with E-state index >= 15 is 0 Å². The normalized spacial score (nSPS) is 23.3. The first-order valence-electron chi connectivity index (χ1n) is 6.79. The molecule has 0 unspecified atom stereocenters. The molecule has 1 aliphatic rings. The molecule has 2 nitrogen and oxygen atoms in total. The Kier molecular flexibility index (Phi) is 6.40. The van der Waals surface area contributed by atoms with Crippen LogP contribution in [0.5, 0.6) is 0 Å². The first-order valence-corrected chi connectivity index (χ1v) is 8.75. The molecule has 0 atom stereocenters. The summed E-state index contributed by atoms with van der Waals surface area (Å²) in [6.07, 6.45) is 14.4. The lowest BCUT2D eigenvalue weighted by Crippen LogP contribution is -2.20. The summed E-state index contributed by atoms with van der Waals surface area (Å²) >= 11 is 0. The molecule has 3 heteroatoms. The van der Waals surface area contributed by atoms with E-state index in [1.165, 1.54) is 51.2 Å². The lowest BCUT2D eigenvalue weighted by Gasteiger charge is -2.15. The largest absolute Gasteiger partial charge is 0.229 e. The molecule has 16 heavy (non-hydrogen) atoms. The molecule has 1 rings (SSSR count). The summed E-state index contributed by atoms with van der Waals surface area (Å²) in [7, 11) is -2.81. The highest BCUT2D eigenvalue weighted by Gasteiger charge is 2.19. The van der Waals surface area contributed by atoms with Crippen LogP contribution < -0.4 is 0 Å². The van der Waals surface area contributed by atoms with Crippen molar-refractivity contribution in [2.45, 2.75) is 75.9 Å². The monoisotopic (exact) mass is 246 g/mol. The van der Waals surface area contributed by atoms with Crippen molar-refractivity contribution in [3.05, 3.63) is 0 Å². The molecule has 0 heterocycles. The fourth-order valence-electron chi connectivity index (χ4n) is 2.55. The Balaban J connectivity index is 2.42. The third-order valence-electron chi connectivity index (χ3n) is 3.66. The molecular weight excluding hydrogens is 220 g/mol. The van der Waals surface area contributed by atoms with Gasteiger partial charge in [0.25, 0.3) is 0 Å². The Morgan fingerprint density at radius 1 is 0.688 bits per heavy atom. The van der Waals surface area contributed by atoms with Crippen molar-refractivity contribution in [1.29, 1.82) is 0 Å². The van der Waals surface area contributed by atoms with Gasteiger partial charge in [-0.25, -0.2) is 8.42 Å². The summed E-state index contributed by atoms with van der Waals surface area (Å²) in [6, 6.07) is 0. The summed E-state index contributed by atoms with van der Waals surface area (Å²) < 4.78 is 23.2. The highest BCUT2D eigenvalue weighted by atomic mass is 32.2. The molecule has 0 aromatic rings. The highest BCUT2D eigenvalue weighted by molar-refractivity contribution is 7.91. The lowest BCUT2D eigenvalue weighted by molar-refractivity contribution is 0.493. The zero-order chi connectivity index (χ0) is 11.9. The van der Waals surface area contributed by atoms with Gasteiger partial charge in [-0.1, -0.05) is 57.8 Å². The van der Waals surface area contributed by atoms with Gasteiger partial charge in [0.1, 0.15) is 9.84 Å². The SMILES string of the molecule is CS(=O)(=O)C1CCCCCCCCCCC1. The minimum Gasteiger partial charge on any atom is -0.229 e. The molecule has 0 bridgehead atoms. The summed E-state index contributed by atoms with van der Waals surface area (Å²) in [6.45, 7) is 0. The molecule has 0 aromatic heterocycles. The van der Waals surface area contributed by atoms with Gasteiger partial charge in [0.15, 0.2) is 0 Å². The number of hydrogen-bond acceptors (Lipinski definition) is 2. The standard InChI is InChI=1S/C13H26O2S/c1-16(14,15)13-11-9-7-5-3-2-4-6-8-10-12-13/h13H,2-12H2,1H3. The van der Waals surface area contributed by atoms with Gasteiger partial charge in [-0.2, -0.15) is 0 Å². The lowest BCUT2D eigenvalue weighted by atomic mass is 10.0. The fraction of sp³-hybridized carbons (Fsp3) is 1.00. The number of rotatable bonds is 1. The van der Waals surface area contributed by atoms with Crippen LogP contribution >= 0.6 is 0 Å². The smallest absolute Gasteiger partial charge is 0.150 e. The van der Waals surface area contributed by atoms with Crippen LogP contribution in [-0.4, -0.2) is 19.9 Å². The van der Waals surface area contributed by atoms with Crippen LogP contribution in [0.15, 0.2) is 0 Å². The van der Waals surface area contributed by atoms with E-state index in [0.717, 1.165) is 25.7 Å². The first-order chi connectivity index (χ1) is 7.61. The second kappa shape index (κ2) is 7.31. The highest BCUT2D eigenvalue weighted by Crippen LogP contribution is 2.20. The van der Waals surface area contributed by atoms with E-state index in [0.29, 0.717) is 0 Å². The van der Waals surface area contributed by atoms with Crippen LogP contribution in [0.25, 0.3) is 0 Å². The molecule has 0 spiro atoms. The summed E-state index contributed by atoms with van der Waals surface area (Å²) in [4.78, 5) is 0. The average molecular weight is 246 g/mol. The molecule has 96 valence electrons. The fourth-order valence-corrected chi connectivity index (χ4v) is 3.74. The first kappa shape index (κ1) is 14.0. The van der Waals surface area contributed by atoms with Crippen molar-refractivity contribution in [2.24, 2.45) is 0 Å². The summed E-state index contributed by atoms with van der Waals surface area (Å²) in [5.41, 5.74) is 0. The molecule has 0 radical (unpaired) electrons. The van der Waals surface area contributed by atoms with Crippen LogP contribution in [0.4, 0.5) is 0 Å². The molecule has 0 aliphatic heterocycles. The van der Waals surface area contributed by atoms with Crippen molar-refractivity contribution < 1.29 is 8.42 Å². The molecule has 0 amide bonds. The second-order valence-electron chi connectivity index (χ2n) is 5.21. The Hall–Kier alpha value is -0.0500. The van der Waals surface area contributed by atoms with Crippen molar-refractivity contribution in [1.82, 2.24) is 0 Å². The summed E-state index contributed by atoms with van der Waals surface area (Å²) in [5, 5.41) is -0.0630. The Bertz CT molecular complexity index is 258. The third-order valence-corrected chi connectivity index (χ3v) is 5.34. The van der Waals surface area contributed by atoms with Crippen LogP contribution in [0.1, 0.15) is 70.6 Å². The Morgan fingerprint density at radius 3 is 1.31 bits per heavy atom. The zero-order valence-corrected chi connectivity index (χ0v) is 11.4. The van der Waals surface area contributed by atoms with Crippen molar-refractivity contribution in [2.75, 3.05) is 6.26 Å². The van der Waals surface area contributed by atoms with E-state index in [1.54, 1.807) is 0 Å². The molecule has 1 fully saturated rings. The van der Waals surface area contributed by atoms with Gasteiger partial charge < -0.3 is 0 Å². The van der Waals surface area contributed by atoms with Gasteiger partial charge in [-0.05, 0) is 12.8 Å². The predicted octanol–water partition coefficient (Wildman–Crippen LogP) is 3.70. The molecule has 1 saturated carbocycles. The minimum absolute atomic E-state index is 0.0630. The van der Waals surface area contributed by atoms with Gasteiger partial charge in [-0.3, -0.25) is 0 Å². The maximum Gasteiger partial charge on any atom is 0.150 e. The molecule has 1 aliphatic carbocycles. The van der Waals surface area contributed by atoms with Gasteiger partial charge in [0.05, 0.1) is 5.25 Å². The van der Waals surface area contributed by atoms with Crippen molar-refractivity contribution in [3.8, 4) is 0 Å². The maximum atomic E-state index is 11.6. The van der Waals surface area contributed by atoms with Gasteiger partial charge in [0.2, 0.25) is 0 Å². The van der Waals surface area contributed by atoms with Crippen molar-refractivity contribution >= 4 is 9.84 Å². The second-order valence-corrected chi connectivity index (χ2v) is 7.54. The van der Waals surface area contributed by atoms with Crippen LogP contribution in [-0.2, 0) is 9.84 Å². The minimum atomic E-state index is -2.81. The molecular formula is C13H26O2S. The van der Waals surface area contributed by atoms with Crippen LogP contribution in [0.3, 0.4) is 0 Å². The topological polar surface area (TPSA) is 34.1 Å². The van der Waals surface area contributed by atoms with Crippen LogP contribution in [0.2, 0.25) is 0 Å². The summed E-state index contributed by atoms with van der Waals surface area (Å²) in [5.74, 6) is 0. The van der Waals surface area contributed by atoms with Gasteiger partial charge in [-0.15, -0.1) is 0 Å². The number of sulfone groups is 1. The molecule has 0 N–H and O–H groups in total.